The van der Waals surface area contributed by atoms with Crippen LogP contribution in [0.3, 0.4) is 0 Å². The highest BCUT2D eigenvalue weighted by molar-refractivity contribution is 5.84. The van der Waals surface area contributed by atoms with Crippen molar-refractivity contribution in [3.05, 3.63) is 73.2 Å². The van der Waals surface area contributed by atoms with E-state index in [1.807, 2.05) is 55.7 Å². The minimum absolute atomic E-state index is 0.382. The van der Waals surface area contributed by atoms with Crippen LogP contribution < -0.4 is 16.0 Å². The third-order valence-electron chi connectivity index (χ3n) is 7.40. The van der Waals surface area contributed by atoms with Gasteiger partial charge in [-0.05, 0) is 56.3 Å². The number of piperidine rings is 1. The summed E-state index contributed by atoms with van der Waals surface area (Å²) >= 11 is 0. The van der Waals surface area contributed by atoms with E-state index in [2.05, 4.69) is 43.3 Å². The zero-order chi connectivity index (χ0) is 42.0. The Morgan fingerprint density at radius 3 is 1.86 bits per heavy atom. The molecule has 0 atom stereocenters. The maximum Gasteiger partial charge on any atom is 0.490 e. The number of hydrogen-bond donors (Lipinski definition) is 5. The molecule has 1 aliphatic rings. The Morgan fingerprint density at radius 1 is 0.804 bits per heavy atom. The smallest absolute Gasteiger partial charge is 0.475 e. The van der Waals surface area contributed by atoms with Gasteiger partial charge in [0, 0.05) is 48.0 Å². The number of aromatic nitrogens is 4. The zero-order valence-corrected chi connectivity index (χ0v) is 28.5. The van der Waals surface area contributed by atoms with Gasteiger partial charge < -0.3 is 35.7 Å². The molecular formula is C33H30F9N7O7. The summed E-state index contributed by atoms with van der Waals surface area (Å²) in [5.74, 6) is -7.43. The predicted molar refractivity (Wildman–Crippen MR) is 180 cm³/mol. The molecule has 302 valence electrons. The highest BCUT2D eigenvalue weighted by Crippen LogP contribution is 2.34. The molecule has 0 amide bonds. The molecule has 5 aromatic rings. The van der Waals surface area contributed by atoms with Crippen molar-refractivity contribution >= 4 is 46.2 Å². The van der Waals surface area contributed by atoms with Crippen LogP contribution in [0.1, 0.15) is 18.9 Å². The third-order valence-corrected chi connectivity index (χ3v) is 7.40. The van der Waals surface area contributed by atoms with Crippen LogP contribution in [0.2, 0.25) is 0 Å². The van der Waals surface area contributed by atoms with Gasteiger partial charge in [0.15, 0.2) is 5.58 Å². The lowest BCUT2D eigenvalue weighted by Gasteiger charge is -2.22. The summed E-state index contributed by atoms with van der Waals surface area (Å²) in [6.45, 7) is 2.04. The maximum absolute atomic E-state index is 10.6. The van der Waals surface area contributed by atoms with E-state index in [-0.39, 0.29) is 0 Å². The first kappa shape index (κ1) is 44.0. The van der Waals surface area contributed by atoms with Gasteiger partial charge in [0.05, 0.1) is 17.8 Å². The molecule has 1 saturated heterocycles. The van der Waals surface area contributed by atoms with Crippen LogP contribution in [-0.4, -0.2) is 91.6 Å². The number of carboxylic acids is 3. The summed E-state index contributed by atoms with van der Waals surface area (Å²) < 4.78 is 103. The molecule has 6 rings (SSSR count). The lowest BCUT2D eigenvalue weighted by atomic mass is 10.1. The van der Waals surface area contributed by atoms with Crippen molar-refractivity contribution < 1.29 is 73.6 Å². The molecule has 1 aliphatic heterocycles. The maximum atomic E-state index is 10.6. The fraction of sp³-hybridized carbons (Fsp3) is 0.273. The first-order valence-corrected chi connectivity index (χ1v) is 15.6. The Kier molecular flexibility index (Phi) is 14.4. The van der Waals surface area contributed by atoms with E-state index in [9.17, 15) is 39.5 Å². The number of rotatable bonds is 5. The molecule has 0 bridgehead atoms. The van der Waals surface area contributed by atoms with Crippen LogP contribution in [0.25, 0.3) is 33.7 Å². The van der Waals surface area contributed by atoms with Gasteiger partial charge in [-0.15, -0.1) is 0 Å². The third kappa shape index (κ3) is 12.6. The highest BCUT2D eigenvalue weighted by Gasteiger charge is 2.39. The average Bonchev–Trinajstić information content (AvgIpc) is 3.80. The quantitative estimate of drug-likeness (QED) is 0.114. The predicted octanol–water partition coefficient (Wildman–Crippen LogP) is 6.93. The van der Waals surface area contributed by atoms with Gasteiger partial charge in [-0.3, -0.25) is 4.68 Å². The molecule has 4 heterocycles. The molecule has 23 heteroatoms. The van der Waals surface area contributed by atoms with Crippen LogP contribution in [0, 0.1) is 0 Å². The average molecular weight is 808 g/mol. The number of halogens is 9. The molecule has 0 unspecified atom stereocenters. The van der Waals surface area contributed by atoms with Crippen LogP contribution >= 0.6 is 0 Å². The van der Waals surface area contributed by atoms with Crippen LogP contribution in [0.4, 0.5) is 56.7 Å². The number of pyridine rings is 1. The number of carboxylic acid groups (broad SMARTS) is 3. The van der Waals surface area contributed by atoms with Crippen molar-refractivity contribution in [2.75, 3.05) is 30.8 Å². The molecule has 0 spiro atoms. The van der Waals surface area contributed by atoms with Gasteiger partial charge in [-0.2, -0.15) is 44.6 Å². The Bertz CT molecular complexity index is 2040. The second-order valence-electron chi connectivity index (χ2n) is 11.3. The summed E-state index contributed by atoms with van der Waals surface area (Å²) in [5.41, 5.74) is 12.4. The normalized spacial score (nSPS) is 13.2. The van der Waals surface area contributed by atoms with Gasteiger partial charge in [0.25, 0.3) is 0 Å². The molecule has 3 aromatic heterocycles. The number of nitrogens with two attached hydrogens (primary N) is 1. The van der Waals surface area contributed by atoms with Crippen LogP contribution in [0.5, 0.6) is 0 Å². The van der Waals surface area contributed by atoms with Gasteiger partial charge >= 0.3 is 36.4 Å². The first-order valence-electron chi connectivity index (χ1n) is 15.6. The topological polar surface area (TPSA) is 210 Å². The highest BCUT2D eigenvalue weighted by atomic mass is 19.4. The van der Waals surface area contributed by atoms with Crippen LogP contribution in [-0.2, 0) is 14.4 Å². The molecule has 6 N–H and O–H groups in total. The zero-order valence-electron chi connectivity index (χ0n) is 28.5. The molecule has 56 heavy (non-hydrogen) atoms. The Labute approximate surface area is 309 Å². The summed E-state index contributed by atoms with van der Waals surface area (Å²) in [6, 6.07) is 18.6. The van der Waals surface area contributed by atoms with E-state index in [4.69, 9.17) is 44.8 Å². The number of para-hydroxylation sites is 1. The van der Waals surface area contributed by atoms with Gasteiger partial charge in [-0.25, -0.2) is 24.4 Å². The van der Waals surface area contributed by atoms with Crippen molar-refractivity contribution in [3.63, 3.8) is 0 Å². The fourth-order valence-electron chi connectivity index (χ4n) is 4.60. The van der Waals surface area contributed by atoms with Crippen molar-refractivity contribution in [3.8, 4) is 22.6 Å². The number of anilines is 3. The molecular weight excluding hydrogens is 777 g/mol. The number of alkyl halides is 9. The van der Waals surface area contributed by atoms with Crippen molar-refractivity contribution in [1.82, 2.24) is 25.1 Å². The summed E-state index contributed by atoms with van der Waals surface area (Å²) in [6.07, 6.45) is -7.34. The summed E-state index contributed by atoms with van der Waals surface area (Å²) in [4.78, 5) is 37.9. The lowest BCUT2D eigenvalue weighted by molar-refractivity contribution is -0.193. The number of nitrogens with one attached hydrogen (secondary N) is 1. The minimum Gasteiger partial charge on any atom is -0.475 e. The number of nitrogens with zero attached hydrogens (tertiary/aromatic N) is 5. The van der Waals surface area contributed by atoms with Crippen LogP contribution in [0.15, 0.2) is 77.6 Å². The number of aliphatic carboxylic acids is 3. The Hall–Kier alpha value is -6.39. The second kappa shape index (κ2) is 18.3. The van der Waals surface area contributed by atoms with E-state index in [1.165, 1.54) is 0 Å². The molecule has 2 aromatic carbocycles. The number of oxazole rings is 1. The summed E-state index contributed by atoms with van der Waals surface area (Å²) in [7, 11) is 2.03. The molecule has 14 nitrogen and oxygen atoms in total. The largest absolute Gasteiger partial charge is 0.490 e. The monoisotopic (exact) mass is 807 g/mol. The molecule has 0 radical (unpaired) electrons. The van der Waals surface area contributed by atoms with E-state index in [0.717, 1.165) is 53.9 Å². The standard InChI is InChI=1S/C27H27N7O.3C2HF3O2/c1-33(20-5-3-2-4-6-20)22-7-8-24-25(14-22)35-27(32-24)23-13-18(15-30-26(23)28)19-16-31-34(17-19)21-9-11-29-12-10-21;3*3-2(4,5)1(6)7/h2-8,13-17,21,29H,9-12H2,1H3,(H2,28,30);3*(H,6,7). The lowest BCUT2D eigenvalue weighted by Crippen LogP contribution is -2.29. The van der Waals surface area contributed by atoms with E-state index in [1.54, 1.807) is 6.20 Å². The Morgan fingerprint density at radius 2 is 1.34 bits per heavy atom. The number of hydrogen-bond acceptors (Lipinski definition) is 10. The van der Waals surface area contributed by atoms with Crippen molar-refractivity contribution in [2.45, 2.75) is 37.4 Å². The minimum atomic E-state index is -5.08. The SMILES string of the molecule is CN(c1ccccc1)c1ccc2nc(-c3cc(-c4cnn(C5CCNCC5)c4)cnc3N)oc2c1.O=C(O)C(F)(F)F.O=C(O)C(F)(F)F.O=C(O)C(F)(F)F. The molecule has 0 saturated carbocycles. The second-order valence-corrected chi connectivity index (χ2v) is 11.3. The fourth-order valence-corrected chi connectivity index (χ4v) is 4.60. The van der Waals surface area contributed by atoms with Gasteiger partial charge in [-0.1, -0.05) is 18.2 Å². The number of benzene rings is 2. The number of carbonyl (C=O) groups is 3. The van der Waals surface area contributed by atoms with Gasteiger partial charge in [0.1, 0.15) is 11.3 Å². The van der Waals surface area contributed by atoms with E-state index in [0.29, 0.717) is 28.9 Å². The van der Waals surface area contributed by atoms with Crippen molar-refractivity contribution in [1.29, 1.82) is 0 Å². The number of fused-ring (bicyclic) bond motifs is 1. The Balaban J connectivity index is 0.000000329. The van der Waals surface area contributed by atoms with E-state index < -0.39 is 36.4 Å². The van der Waals surface area contributed by atoms with Gasteiger partial charge in [0.2, 0.25) is 5.89 Å². The molecule has 1 fully saturated rings. The van der Waals surface area contributed by atoms with E-state index >= 15 is 0 Å². The number of nitrogen functional groups attached to an aromatic ring is 1. The summed E-state index contributed by atoms with van der Waals surface area (Å²) in [5, 5.41) is 29.4. The van der Waals surface area contributed by atoms with Crippen molar-refractivity contribution in [2.24, 2.45) is 0 Å². The molecule has 0 aliphatic carbocycles. The first-order chi connectivity index (χ1) is 26.0.